The number of hydrogen-bond acceptors (Lipinski definition) is 11. The highest BCUT2D eigenvalue weighted by molar-refractivity contribution is 7.46. The standard InChI is InChI=1S/C39H53F2N6O13P/c1-5-6-7-8-9-32(48)43-28(15-24-13-25(40)16-26(41)14-24)34(49)44-33-23(4)59-39(54)30-12-21(2)18-46(30)36(51)22(3)42-35(50)31-20-58-11-10-45(31)37(52)29-17-27(60-61(55,56)57)19-47(29)38(33)53/h8-9,13-14,16,21-23,27-31,33H,5-7,10-12,15,17-20H2,1-4H3,(H,42,50)(H,43,48)(H,44,49)(H2,55,56,57)/b9-8+/t21-,22+,23+,27-,28+,29+,30?,31+,33+/m1/s1. The molecule has 0 aromatic heterocycles. The number of rotatable bonds is 11. The molecule has 0 aliphatic carbocycles. The molecule has 0 radical (unpaired) electrons. The molecule has 9 atom stereocenters. The Morgan fingerprint density at radius 2 is 1.66 bits per heavy atom. The molecule has 22 heteroatoms. The zero-order chi connectivity index (χ0) is 44.8. The molecule has 0 saturated carbocycles. The van der Waals surface area contributed by atoms with E-state index in [2.05, 4.69) is 16.0 Å². The van der Waals surface area contributed by atoms with Gasteiger partial charge in [0.25, 0.3) is 0 Å². The van der Waals surface area contributed by atoms with Crippen molar-refractivity contribution in [2.24, 2.45) is 5.92 Å². The highest BCUT2D eigenvalue weighted by atomic mass is 31.2. The van der Waals surface area contributed by atoms with Crippen LogP contribution in [-0.2, 0) is 58.5 Å². The van der Waals surface area contributed by atoms with Crippen LogP contribution >= 0.6 is 7.82 Å². The molecule has 336 valence electrons. The van der Waals surface area contributed by atoms with E-state index in [4.69, 9.17) is 14.0 Å². The second kappa shape index (κ2) is 20.4. The van der Waals surface area contributed by atoms with Crippen LogP contribution < -0.4 is 16.0 Å². The van der Waals surface area contributed by atoms with E-state index >= 15 is 0 Å². The largest absolute Gasteiger partial charge is 0.469 e. The first-order valence-electron chi connectivity index (χ1n) is 20.2. The number of cyclic esters (lactones) is 1. The summed E-state index contributed by atoms with van der Waals surface area (Å²) in [6.07, 6.45) is 1.06. The predicted molar refractivity (Wildman–Crippen MR) is 208 cm³/mol. The van der Waals surface area contributed by atoms with Crippen LogP contribution in [0.5, 0.6) is 0 Å². The summed E-state index contributed by atoms with van der Waals surface area (Å²) < 4.78 is 56.9. The van der Waals surface area contributed by atoms with Gasteiger partial charge in [-0.3, -0.25) is 33.3 Å². The fourth-order valence-electron chi connectivity index (χ4n) is 8.00. The lowest BCUT2D eigenvalue weighted by atomic mass is 10.0. The summed E-state index contributed by atoms with van der Waals surface area (Å²) in [5, 5.41) is 7.58. The van der Waals surface area contributed by atoms with Crippen LogP contribution in [-0.4, -0.2) is 147 Å². The number of nitrogens with one attached hydrogen (secondary N) is 3. The van der Waals surface area contributed by atoms with Crippen LogP contribution in [0.2, 0.25) is 0 Å². The first-order chi connectivity index (χ1) is 28.8. The molecule has 4 aliphatic rings. The fraction of sp³-hybridized carbons (Fsp3) is 0.615. The zero-order valence-electron chi connectivity index (χ0n) is 34.3. The van der Waals surface area contributed by atoms with Gasteiger partial charge < -0.3 is 49.9 Å². The molecule has 4 aliphatic heterocycles. The highest BCUT2D eigenvalue weighted by Crippen LogP contribution is 2.41. The number of amides is 6. The smallest absolute Gasteiger partial charge is 0.458 e. The first kappa shape index (κ1) is 47.2. The fourth-order valence-corrected chi connectivity index (χ4v) is 8.54. The SMILES string of the molecule is CCCC/C=C/C(=O)N[C@@H](Cc1cc(F)cc(F)c1)C(=O)N[C@@H]1C(=O)N2C[C@H](OP(=O)(O)O)C[C@H]2C(=O)N2CCOC[C@H]2C(=O)N[C@@H](C)C(=O)N2C[C@H](C)CC2C(=O)O[C@H]1C. The van der Waals surface area contributed by atoms with E-state index in [1.165, 1.54) is 24.8 Å². The molecule has 0 spiro atoms. The van der Waals surface area contributed by atoms with Gasteiger partial charge in [-0.1, -0.05) is 32.8 Å². The average Bonchev–Trinajstić information content (AvgIpc) is 3.79. The van der Waals surface area contributed by atoms with E-state index < -0.39 is 129 Å². The molecule has 6 amide bonds. The van der Waals surface area contributed by atoms with Crippen LogP contribution in [0.3, 0.4) is 0 Å². The van der Waals surface area contributed by atoms with E-state index in [-0.39, 0.29) is 44.2 Å². The second-order valence-electron chi connectivity index (χ2n) is 15.9. The Balaban J connectivity index is 1.57. The summed E-state index contributed by atoms with van der Waals surface area (Å²) in [4.78, 5) is 121. The minimum absolute atomic E-state index is 0.0256. The van der Waals surface area contributed by atoms with Gasteiger partial charge in [-0.2, -0.15) is 0 Å². The number of esters is 1. The second-order valence-corrected chi connectivity index (χ2v) is 17.1. The molecule has 5 N–H and O–H groups in total. The number of phosphoric ester groups is 1. The Hall–Kier alpha value is -4.82. The normalized spacial score (nSPS) is 28.5. The lowest BCUT2D eigenvalue weighted by Gasteiger charge is -2.39. The van der Waals surface area contributed by atoms with Gasteiger partial charge in [-0.25, -0.2) is 18.1 Å². The molecule has 1 aromatic rings. The summed E-state index contributed by atoms with van der Waals surface area (Å²) >= 11 is 0. The molecule has 1 unspecified atom stereocenters. The number of fused-ring (bicyclic) bond motifs is 3. The van der Waals surface area contributed by atoms with Crippen LogP contribution in [0.15, 0.2) is 30.4 Å². The topological polar surface area (TPSA) is 251 Å². The van der Waals surface area contributed by atoms with Crippen LogP contribution in [0.1, 0.15) is 65.4 Å². The van der Waals surface area contributed by atoms with Gasteiger partial charge in [-0.05, 0) is 56.4 Å². The van der Waals surface area contributed by atoms with Crippen molar-refractivity contribution in [1.29, 1.82) is 0 Å². The summed E-state index contributed by atoms with van der Waals surface area (Å²) in [6.45, 7) is 5.43. The van der Waals surface area contributed by atoms with Crippen LogP contribution in [0.4, 0.5) is 8.78 Å². The maximum absolute atomic E-state index is 14.9. The zero-order valence-corrected chi connectivity index (χ0v) is 35.2. The van der Waals surface area contributed by atoms with Gasteiger partial charge in [0.1, 0.15) is 54.0 Å². The minimum atomic E-state index is -5.21. The van der Waals surface area contributed by atoms with Gasteiger partial charge in [0.05, 0.1) is 19.3 Å². The third-order valence-electron chi connectivity index (χ3n) is 10.9. The quantitative estimate of drug-likeness (QED) is 0.0865. The maximum atomic E-state index is 14.9. The summed E-state index contributed by atoms with van der Waals surface area (Å²) in [6, 6.07) is -6.21. The van der Waals surface area contributed by atoms with Crippen molar-refractivity contribution < 1.29 is 70.7 Å². The molecule has 4 fully saturated rings. The Morgan fingerprint density at radius 1 is 0.967 bits per heavy atom. The average molecular weight is 883 g/mol. The number of benzene rings is 1. The van der Waals surface area contributed by atoms with E-state index in [1.54, 1.807) is 13.0 Å². The number of hydrogen-bond donors (Lipinski definition) is 5. The Kier molecular flexibility index (Phi) is 15.8. The third kappa shape index (κ3) is 12.2. The lowest BCUT2D eigenvalue weighted by Crippen LogP contribution is -2.64. The minimum Gasteiger partial charge on any atom is -0.458 e. The van der Waals surface area contributed by atoms with E-state index in [0.717, 1.165) is 34.8 Å². The highest BCUT2D eigenvalue weighted by Gasteiger charge is 2.50. The molecule has 5 rings (SSSR count). The van der Waals surface area contributed by atoms with Crippen molar-refractivity contribution in [2.45, 2.75) is 115 Å². The number of morpholine rings is 1. The number of unbranched alkanes of at least 4 members (excludes halogenated alkanes) is 2. The predicted octanol–water partition coefficient (Wildman–Crippen LogP) is 0.217. The van der Waals surface area contributed by atoms with Crippen LogP contribution in [0.25, 0.3) is 0 Å². The van der Waals surface area contributed by atoms with Crippen molar-refractivity contribution in [3.05, 3.63) is 47.5 Å². The van der Waals surface area contributed by atoms with Crippen molar-refractivity contribution in [3.8, 4) is 0 Å². The van der Waals surface area contributed by atoms with Crippen LogP contribution in [0, 0.1) is 17.6 Å². The van der Waals surface area contributed by atoms with E-state index in [0.29, 0.717) is 12.5 Å². The van der Waals surface area contributed by atoms with Gasteiger partial charge in [0.15, 0.2) is 0 Å². The first-order valence-corrected chi connectivity index (χ1v) is 21.8. The van der Waals surface area contributed by atoms with Gasteiger partial charge in [0.2, 0.25) is 35.4 Å². The molecule has 4 heterocycles. The summed E-state index contributed by atoms with van der Waals surface area (Å²) in [5.74, 6) is -8.29. The third-order valence-corrected chi connectivity index (χ3v) is 11.5. The molecule has 19 nitrogen and oxygen atoms in total. The number of halogens is 2. The van der Waals surface area contributed by atoms with Gasteiger partial charge >= 0.3 is 13.8 Å². The number of carbonyl (C=O) groups is 7. The summed E-state index contributed by atoms with van der Waals surface area (Å²) in [7, 11) is -5.21. The summed E-state index contributed by atoms with van der Waals surface area (Å²) in [5.41, 5.74) is -0.0437. The van der Waals surface area contributed by atoms with Gasteiger partial charge in [-0.15, -0.1) is 0 Å². The number of nitrogens with zero attached hydrogens (tertiary/aromatic N) is 3. The molecular weight excluding hydrogens is 829 g/mol. The molecule has 0 bridgehead atoms. The molecule has 1 aromatic carbocycles. The number of phosphoric acid groups is 1. The van der Waals surface area contributed by atoms with Crippen molar-refractivity contribution in [1.82, 2.24) is 30.7 Å². The Labute approximate surface area is 351 Å². The lowest BCUT2D eigenvalue weighted by molar-refractivity contribution is -0.164. The number of allylic oxidation sites excluding steroid dienone is 1. The van der Waals surface area contributed by atoms with Crippen molar-refractivity contribution in [3.63, 3.8) is 0 Å². The molecular formula is C39H53F2N6O13P. The monoisotopic (exact) mass is 882 g/mol. The Morgan fingerprint density at radius 3 is 2.33 bits per heavy atom. The van der Waals surface area contributed by atoms with Gasteiger partial charge in [0, 0.05) is 38.5 Å². The van der Waals surface area contributed by atoms with Crippen molar-refractivity contribution >= 4 is 49.2 Å². The Bertz CT molecular complexity index is 1910. The number of carbonyl (C=O) groups excluding carboxylic acids is 7. The molecule has 61 heavy (non-hydrogen) atoms. The number of ether oxygens (including phenoxy) is 2. The van der Waals surface area contributed by atoms with Crippen molar-refractivity contribution in [2.75, 3.05) is 32.8 Å². The maximum Gasteiger partial charge on any atom is 0.469 e. The van der Waals surface area contributed by atoms with E-state index in [1.807, 2.05) is 6.92 Å². The molecule has 4 saturated heterocycles. The van der Waals surface area contributed by atoms with E-state index in [9.17, 15) is 56.7 Å².